The van der Waals surface area contributed by atoms with Gasteiger partial charge in [-0.3, -0.25) is 4.79 Å². The van der Waals surface area contributed by atoms with Gasteiger partial charge in [-0.1, -0.05) is 24.3 Å². The Bertz CT molecular complexity index is 698. The van der Waals surface area contributed by atoms with Crippen molar-refractivity contribution >= 4 is 11.6 Å². The van der Waals surface area contributed by atoms with Crippen LogP contribution in [0.2, 0.25) is 0 Å². The number of ether oxygens (including phenoxy) is 1. The number of benzene rings is 2. The molecule has 0 saturated carbocycles. The molecule has 0 atom stereocenters. The summed E-state index contributed by atoms with van der Waals surface area (Å²) in [5.41, 5.74) is 4.10. The zero-order chi connectivity index (χ0) is 17.5. The molecule has 2 aromatic rings. The summed E-state index contributed by atoms with van der Waals surface area (Å²) in [6.45, 7) is 8.46. The maximum atomic E-state index is 12.3. The van der Waals surface area contributed by atoms with Crippen molar-refractivity contribution in [2.24, 2.45) is 0 Å². The van der Waals surface area contributed by atoms with Crippen molar-refractivity contribution in [2.75, 3.05) is 31.6 Å². The van der Waals surface area contributed by atoms with Crippen LogP contribution in [0.1, 0.15) is 28.4 Å². The predicted octanol–water partition coefficient (Wildman–Crippen LogP) is 3.57. The minimum absolute atomic E-state index is 0.0749. The van der Waals surface area contributed by atoms with Crippen molar-refractivity contribution in [2.45, 2.75) is 20.8 Å². The summed E-state index contributed by atoms with van der Waals surface area (Å²) in [7, 11) is 1.62. The van der Waals surface area contributed by atoms with Crippen LogP contribution in [0.4, 0.5) is 5.69 Å². The molecule has 0 aromatic heterocycles. The number of para-hydroxylation sites is 1. The number of amides is 1. The van der Waals surface area contributed by atoms with Gasteiger partial charge in [0.1, 0.15) is 5.75 Å². The van der Waals surface area contributed by atoms with E-state index < -0.39 is 0 Å². The van der Waals surface area contributed by atoms with Gasteiger partial charge in [0, 0.05) is 30.9 Å². The van der Waals surface area contributed by atoms with Crippen LogP contribution in [-0.2, 0) is 0 Å². The summed E-state index contributed by atoms with van der Waals surface area (Å²) >= 11 is 0. The van der Waals surface area contributed by atoms with Crippen molar-refractivity contribution in [3.05, 3.63) is 59.2 Å². The van der Waals surface area contributed by atoms with E-state index in [9.17, 15) is 4.79 Å². The Labute approximate surface area is 144 Å². The van der Waals surface area contributed by atoms with Gasteiger partial charge in [-0.25, -0.2) is 0 Å². The van der Waals surface area contributed by atoms with Gasteiger partial charge in [0.25, 0.3) is 5.91 Å². The van der Waals surface area contributed by atoms with Crippen molar-refractivity contribution in [1.82, 2.24) is 5.32 Å². The van der Waals surface area contributed by atoms with Crippen LogP contribution in [0.25, 0.3) is 0 Å². The molecule has 0 heterocycles. The van der Waals surface area contributed by atoms with Gasteiger partial charge in [0.2, 0.25) is 0 Å². The first-order valence-electron chi connectivity index (χ1n) is 8.30. The molecule has 1 amide bonds. The van der Waals surface area contributed by atoms with Crippen molar-refractivity contribution in [3.63, 3.8) is 0 Å². The lowest BCUT2D eigenvalue weighted by molar-refractivity contribution is 0.0954. The predicted molar refractivity (Wildman–Crippen MR) is 99.1 cm³/mol. The highest BCUT2D eigenvalue weighted by molar-refractivity contribution is 5.94. The van der Waals surface area contributed by atoms with Crippen LogP contribution in [0.15, 0.2) is 42.5 Å². The highest BCUT2D eigenvalue weighted by Crippen LogP contribution is 2.20. The number of nitrogens with zero attached hydrogens (tertiary/aromatic N) is 1. The molecule has 4 heteroatoms. The number of hydrogen-bond acceptors (Lipinski definition) is 3. The first-order chi connectivity index (χ1) is 11.6. The largest absolute Gasteiger partial charge is 0.496 e. The summed E-state index contributed by atoms with van der Waals surface area (Å²) in [6, 6.07) is 13.8. The number of carbonyl (C=O) groups is 1. The molecule has 0 aliphatic heterocycles. The lowest BCUT2D eigenvalue weighted by Crippen LogP contribution is -2.35. The van der Waals surface area contributed by atoms with Crippen molar-refractivity contribution in [1.29, 1.82) is 0 Å². The van der Waals surface area contributed by atoms with Gasteiger partial charge >= 0.3 is 0 Å². The van der Waals surface area contributed by atoms with Crippen LogP contribution in [0.5, 0.6) is 5.75 Å². The highest BCUT2D eigenvalue weighted by Gasteiger charge is 2.10. The van der Waals surface area contributed by atoms with Crippen LogP contribution in [0.3, 0.4) is 0 Å². The number of hydrogen-bond donors (Lipinski definition) is 1. The standard InChI is InChI=1S/C20H26N2O2/c1-5-22(18-9-7-6-8-15(18)2)13-12-21-20(23)17-11-10-16(3)19(14-17)24-4/h6-11,14H,5,12-13H2,1-4H3,(H,21,23). The fourth-order valence-electron chi connectivity index (χ4n) is 2.73. The molecule has 24 heavy (non-hydrogen) atoms. The van der Waals surface area contributed by atoms with Gasteiger partial charge in [0.15, 0.2) is 0 Å². The van der Waals surface area contributed by atoms with Gasteiger partial charge < -0.3 is 15.0 Å². The molecule has 0 fully saturated rings. The minimum Gasteiger partial charge on any atom is -0.496 e. The molecule has 1 N–H and O–H groups in total. The average molecular weight is 326 g/mol. The van der Waals surface area contributed by atoms with Gasteiger partial charge in [-0.05, 0) is 50.1 Å². The smallest absolute Gasteiger partial charge is 0.251 e. The summed E-state index contributed by atoms with van der Waals surface area (Å²) < 4.78 is 5.28. The third-order valence-corrected chi connectivity index (χ3v) is 4.18. The second-order valence-corrected chi connectivity index (χ2v) is 5.81. The molecule has 0 bridgehead atoms. The van der Waals surface area contributed by atoms with Crippen LogP contribution >= 0.6 is 0 Å². The van der Waals surface area contributed by atoms with Crippen LogP contribution < -0.4 is 15.0 Å². The van der Waals surface area contributed by atoms with E-state index in [-0.39, 0.29) is 5.91 Å². The summed E-state index contributed by atoms with van der Waals surface area (Å²) in [6.07, 6.45) is 0. The molecular formula is C20H26N2O2. The second kappa shape index (κ2) is 8.39. The Hall–Kier alpha value is -2.49. The van der Waals surface area contributed by atoms with E-state index in [1.54, 1.807) is 13.2 Å². The lowest BCUT2D eigenvalue weighted by Gasteiger charge is -2.25. The van der Waals surface area contributed by atoms with Crippen molar-refractivity contribution in [3.8, 4) is 5.75 Å². The third-order valence-electron chi connectivity index (χ3n) is 4.18. The van der Waals surface area contributed by atoms with E-state index in [0.717, 1.165) is 24.4 Å². The Kier molecular flexibility index (Phi) is 6.24. The molecular weight excluding hydrogens is 300 g/mol. The summed E-state index contributed by atoms with van der Waals surface area (Å²) in [5.74, 6) is 0.659. The number of anilines is 1. The minimum atomic E-state index is -0.0749. The van der Waals surface area contributed by atoms with E-state index in [4.69, 9.17) is 4.74 Å². The van der Waals surface area contributed by atoms with Gasteiger partial charge in [-0.2, -0.15) is 0 Å². The second-order valence-electron chi connectivity index (χ2n) is 5.81. The monoisotopic (exact) mass is 326 g/mol. The Morgan fingerprint density at radius 1 is 1.12 bits per heavy atom. The lowest BCUT2D eigenvalue weighted by atomic mass is 10.1. The first-order valence-corrected chi connectivity index (χ1v) is 8.30. The van der Waals surface area contributed by atoms with E-state index in [1.807, 2.05) is 31.2 Å². The summed E-state index contributed by atoms with van der Waals surface area (Å²) in [5, 5.41) is 2.99. The maximum absolute atomic E-state index is 12.3. The van der Waals surface area contributed by atoms with E-state index in [2.05, 4.69) is 36.2 Å². The number of methoxy groups -OCH3 is 1. The zero-order valence-corrected chi connectivity index (χ0v) is 14.9. The third kappa shape index (κ3) is 4.28. The van der Waals surface area contributed by atoms with Gasteiger partial charge in [0.05, 0.1) is 7.11 Å². The van der Waals surface area contributed by atoms with E-state index in [1.165, 1.54) is 11.3 Å². The topological polar surface area (TPSA) is 41.6 Å². The molecule has 0 spiro atoms. The molecule has 0 aliphatic carbocycles. The number of carbonyl (C=O) groups excluding carboxylic acids is 1. The Balaban J connectivity index is 1.95. The SMILES string of the molecule is CCN(CCNC(=O)c1ccc(C)c(OC)c1)c1ccccc1C. The number of nitrogens with one attached hydrogen (secondary N) is 1. The first kappa shape index (κ1) is 17.9. The molecule has 2 aromatic carbocycles. The zero-order valence-electron chi connectivity index (χ0n) is 14.9. The number of rotatable bonds is 7. The quantitative estimate of drug-likeness (QED) is 0.846. The highest BCUT2D eigenvalue weighted by atomic mass is 16.5. The average Bonchev–Trinajstić information content (AvgIpc) is 2.60. The van der Waals surface area contributed by atoms with E-state index >= 15 is 0 Å². The summed E-state index contributed by atoms with van der Waals surface area (Å²) in [4.78, 5) is 14.6. The van der Waals surface area contributed by atoms with E-state index in [0.29, 0.717) is 12.1 Å². The van der Waals surface area contributed by atoms with Crippen molar-refractivity contribution < 1.29 is 9.53 Å². The van der Waals surface area contributed by atoms with Gasteiger partial charge in [-0.15, -0.1) is 0 Å². The maximum Gasteiger partial charge on any atom is 0.251 e. The molecule has 0 radical (unpaired) electrons. The molecule has 0 aliphatic rings. The molecule has 2 rings (SSSR count). The number of likely N-dealkylation sites (N-methyl/N-ethyl adjacent to an activating group) is 1. The number of aryl methyl sites for hydroxylation is 2. The normalized spacial score (nSPS) is 10.3. The van der Waals surface area contributed by atoms with Crippen LogP contribution in [0, 0.1) is 13.8 Å². The van der Waals surface area contributed by atoms with Crippen LogP contribution in [-0.4, -0.2) is 32.7 Å². The fourth-order valence-corrected chi connectivity index (χ4v) is 2.73. The molecule has 4 nitrogen and oxygen atoms in total. The fraction of sp³-hybridized carbons (Fsp3) is 0.350. The Morgan fingerprint density at radius 2 is 1.88 bits per heavy atom. The Morgan fingerprint density at radius 3 is 2.54 bits per heavy atom. The molecule has 0 unspecified atom stereocenters. The molecule has 128 valence electrons. The molecule has 0 saturated heterocycles.